The molecule has 5 heteroatoms. The maximum Gasteiger partial charge on any atom is 0.234 e. The molecule has 0 aromatic rings. The highest BCUT2D eigenvalue weighted by Crippen LogP contribution is 2.18. The van der Waals surface area contributed by atoms with Gasteiger partial charge in [-0.3, -0.25) is 9.69 Å². The van der Waals surface area contributed by atoms with Crippen LogP contribution in [-0.2, 0) is 9.53 Å². The molecule has 0 bridgehead atoms. The van der Waals surface area contributed by atoms with Crippen molar-refractivity contribution < 1.29 is 9.53 Å². The molecule has 112 valence electrons. The van der Waals surface area contributed by atoms with Crippen molar-refractivity contribution in [3.63, 3.8) is 0 Å². The fourth-order valence-electron chi connectivity index (χ4n) is 2.12. The lowest BCUT2D eigenvalue weighted by Gasteiger charge is -2.25. The molecule has 0 aromatic carbocycles. The maximum absolute atomic E-state index is 11.9. The summed E-state index contributed by atoms with van der Waals surface area (Å²) in [5.41, 5.74) is 0.0893. The van der Waals surface area contributed by atoms with E-state index in [1.54, 1.807) is 7.11 Å². The van der Waals surface area contributed by atoms with Crippen molar-refractivity contribution in [1.29, 1.82) is 0 Å². The standard InChI is InChI=1S/C14H29N3O2/c1-14(2,5-10-19-3)12-16-13(18)11-17-8-4-6-15-7-9-17/h15H,4-12H2,1-3H3,(H,16,18). The van der Waals surface area contributed by atoms with E-state index in [1.165, 1.54) is 0 Å². The lowest BCUT2D eigenvalue weighted by molar-refractivity contribution is -0.122. The summed E-state index contributed by atoms with van der Waals surface area (Å²) in [6, 6.07) is 0. The van der Waals surface area contributed by atoms with Crippen molar-refractivity contribution in [3.8, 4) is 0 Å². The van der Waals surface area contributed by atoms with Gasteiger partial charge in [0.05, 0.1) is 6.54 Å². The summed E-state index contributed by atoms with van der Waals surface area (Å²) in [6.45, 7) is 10.3. The van der Waals surface area contributed by atoms with Crippen molar-refractivity contribution in [2.24, 2.45) is 5.41 Å². The summed E-state index contributed by atoms with van der Waals surface area (Å²) in [5.74, 6) is 0.132. The van der Waals surface area contributed by atoms with Crippen molar-refractivity contribution in [1.82, 2.24) is 15.5 Å². The van der Waals surface area contributed by atoms with Crippen molar-refractivity contribution in [2.45, 2.75) is 26.7 Å². The fraction of sp³-hybridized carbons (Fsp3) is 0.929. The molecule has 5 nitrogen and oxygen atoms in total. The van der Waals surface area contributed by atoms with E-state index in [9.17, 15) is 4.79 Å². The lowest BCUT2D eigenvalue weighted by atomic mass is 9.90. The Balaban J connectivity index is 2.22. The predicted molar refractivity (Wildman–Crippen MR) is 77.2 cm³/mol. The minimum atomic E-state index is 0.0893. The first-order valence-electron chi connectivity index (χ1n) is 7.22. The van der Waals surface area contributed by atoms with Crippen molar-refractivity contribution in [3.05, 3.63) is 0 Å². The summed E-state index contributed by atoms with van der Waals surface area (Å²) in [5, 5.41) is 6.39. The monoisotopic (exact) mass is 271 g/mol. The van der Waals surface area contributed by atoms with Crippen LogP contribution in [0.15, 0.2) is 0 Å². The topological polar surface area (TPSA) is 53.6 Å². The minimum absolute atomic E-state index is 0.0893. The van der Waals surface area contributed by atoms with E-state index in [1.807, 2.05) is 0 Å². The molecule has 1 aliphatic heterocycles. The Labute approximate surface area is 117 Å². The predicted octanol–water partition coefficient (Wildman–Crippen LogP) is 0.461. The number of methoxy groups -OCH3 is 1. The van der Waals surface area contributed by atoms with Crippen molar-refractivity contribution >= 4 is 5.91 Å². The van der Waals surface area contributed by atoms with Crippen LogP contribution in [0.3, 0.4) is 0 Å². The molecule has 0 spiro atoms. The Bertz CT molecular complexity index is 261. The van der Waals surface area contributed by atoms with Crippen LogP contribution in [0.5, 0.6) is 0 Å². The molecule has 0 aliphatic carbocycles. The Morgan fingerprint density at radius 1 is 1.37 bits per heavy atom. The first-order valence-corrected chi connectivity index (χ1v) is 7.22. The van der Waals surface area contributed by atoms with Crippen LogP contribution in [0.4, 0.5) is 0 Å². The molecule has 0 saturated carbocycles. The van der Waals surface area contributed by atoms with E-state index >= 15 is 0 Å². The molecule has 2 N–H and O–H groups in total. The molecule has 0 atom stereocenters. The Kier molecular flexibility index (Phi) is 7.34. The van der Waals surface area contributed by atoms with E-state index in [4.69, 9.17) is 4.74 Å². The van der Waals surface area contributed by atoms with Gasteiger partial charge in [0.1, 0.15) is 0 Å². The average molecular weight is 271 g/mol. The van der Waals surface area contributed by atoms with Crippen LogP contribution in [0.1, 0.15) is 26.7 Å². The molecule has 1 fully saturated rings. The largest absolute Gasteiger partial charge is 0.385 e. The third-order valence-corrected chi connectivity index (χ3v) is 3.55. The van der Waals surface area contributed by atoms with Crippen LogP contribution in [0.25, 0.3) is 0 Å². The van der Waals surface area contributed by atoms with Gasteiger partial charge in [0.2, 0.25) is 5.91 Å². The average Bonchev–Trinajstić information content (AvgIpc) is 2.63. The summed E-state index contributed by atoms with van der Waals surface area (Å²) in [6.07, 6.45) is 2.07. The van der Waals surface area contributed by atoms with E-state index in [-0.39, 0.29) is 11.3 Å². The number of rotatable bonds is 7. The number of amides is 1. The quantitative estimate of drug-likeness (QED) is 0.706. The molecule has 1 saturated heterocycles. The number of hydrogen-bond acceptors (Lipinski definition) is 4. The van der Waals surface area contributed by atoms with Gasteiger partial charge in [0, 0.05) is 33.4 Å². The zero-order chi connectivity index (χ0) is 14.1. The summed E-state index contributed by atoms with van der Waals surface area (Å²) in [7, 11) is 1.71. The van der Waals surface area contributed by atoms with Gasteiger partial charge in [-0.25, -0.2) is 0 Å². The molecule has 1 rings (SSSR count). The molecule has 19 heavy (non-hydrogen) atoms. The molecule has 1 heterocycles. The second-order valence-electron chi connectivity index (χ2n) is 6.06. The number of nitrogens with one attached hydrogen (secondary N) is 2. The SMILES string of the molecule is COCCC(C)(C)CNC(=O)CN1CCCNCC1. The van der Waals surface area contributed by atoms with Gasteiger partial charge < -0.3 is 15.4 Å². The van der Waals surface area contributed by atoms with Crippen LogP contribution in [0.2, 0.25) is 0 Å². The molecule has 0 unspecified atom stereocenters. The highest BCUT2D eigenvalue weighted by molar-refractivity contribution is 5.78. The first kappa shape index (κ1) is 16.4. The molecular weight excluding hydrogens is 242 g/mol. The van der Waals surface area contributed by atoms with Crippen LogP contribution in [-0.4, -0.2) is 63.8 Å². The molecule has 0 radical (unpaired) electrons. The van der Waals surface area contributed by atoms with Crippen LogP contribution < -0.4 is 10.6 Å². The second kappa shape index (κ2) is 8.51. The summed E-state index contributed by atoms with van der Waals surface area (Å²) >= 11 is 0. The second-order valence-corrected chi connectivity index (χ2v) is 6.06. The van der Waals surface area contributed by atoms with E-state index in [0.29, 0.717) is 13.1 Å². The minimum Gasteiger partial charge on any atom is -0.385 e. The van der Waals surface area contributed by atoms with Gasteiger partial charge in [-0.2, -0.15) is 0 Å². The Morgan fingerprint density at radius 3 is 2.89 bits per heavy atom. The number of nitrogens with zero attached hydrogens (tertiary/aromatic N) is 1. The van der Waals surface area contributed by atoms with Gasteiger partial charge in [-0.15, -0.1) is 0 Å². The third kappa shape index (κ3) is 7.50. The van der Waals surface area contributed by atoms with Crippen LogP contribution >= 0.6 is 0 Å². The number of hydrogen-bond donors (Lipinski definition) is 2. The lowest BCUT2D eigenvalue weighted by Crippen LogP contribution is -2.42. The van der Waals surface area contributed by atoms with Crippen LogP contribution in [0, 0.1) is 5.41 Å². The van der Waals surface area contributed by atoms with Gasteiger partial charge in [-0.05, 0) is 31.3 Å². The zero-order valence-corrected chi connectivity index (χ0v) is 12.6. The molecule has 1 amide bonds. The van der Waals surface area contributed by atoms with Gasteiger partial charge >= 0.3 is 0 Å². The Morgan fingerprint density at radius 2 is 2.16 bits per heavy atom. The fourth-order valence-corrected chi connectivity index (χ4v) is 2.12. The highest BCUT2D eigenvalue weighted by Gasteiger charge is 2.19. The van der Waals surface area contributed by atoms with Crippen molar-refractivity contribution in [2.75, 3.05) is 53.0 Å². The third-order valence-electron chi connectivity index (χ3n) is 3.55. The number of carbonyl (C=O) groups excluding carboxylic acids is 1. The number of carbonyl (C=O) groups is 1. The number of ether oxygens (including phenoxy) is 1. The molecular formula is C14H29N3O2. The molecule has 1 aliphatic rings. The van der Waals surface area contributed by atoms with Gasteiger partial charge in [-0.1, -0.05) is 13.8 Å². The van der Waals surface area contributed by atoms with Gasteiger partial charge in [0.15, 0.2) is 0 Å². The zero-order valence-electron chi connectivity index (χ0n) is 12.6. The Hall–Kier alpha value is -0.650. The van der Waals surface area contributed by atoms with Gasteiger partial charge in [0.25, 0.3) is 0 Å². The maximum atomic E-state index is 11.9. The normalized spacial score (nSPS) is 18.1. The summed E-state index contributed by atoms with van der Waals surface area (Å²) in [4.78, 5) is 14.2. The van der Waals surface area contributed by atoms with E-state index in [2.05, 4.69) is 29.4 Å². The van der Waals surface area contributed by atoms with E-state index in [0.717, 1.165) is 45.6 Å². The first-order chi connectivity index (χ1) is 9.03. The summed E-state index contributed by atoms with van der Waals surface area (Å²) < 4.78 is 5.09. The smallest absolute Gasteiger partial charge is 0.234 e. The highest BCUT2D eigenvalue weighted by atomic mass is 16.5. The molecule has 0 aromatic heterocycles. The van der Waals surface area contributed by atoms with E-state index < -0.39 is 0 Å².